The molecule has 0 spiro atoms. The van der Waals surface area contributed by atoms with E-state index in [1.54, 1.807) is 18.6 Å². The molecule has 2 aliphatic heterocycles. The predicted octanol–water partition coefficient (Wildman–Crippen LogP) is 3.98. The first-order valence-electron chi connectivity index (χ1n) is 13.2. The van der Waals surface area contributed by atoms with Crippen LogP contribution in [0.1, 0.15) is 42.3 Å². The molecule has 0 aliphatic carbocycles. The summed E-state index contributed by atoms with van der Waals surface area (Å²) in [6, 6.07) is 8.58. The van der Waals surface area contributed by atoms with E-state index in [1.807, 2.05) is 29.8 Å². The van der Waals surface area contributed by atoms with Gasteiger partial charge in [-0.2, -0.15) is 13.2 Å². The van der Waals surface area contributed by atoms with Gasteiger partial charge in [0.25, 0.3) is 0 Å². The molecule has 0 N–H and O–H groups in total. The van der Waals surface area contributed by atoms with Gasteiger partial charge in [-0.05, 0) is 54.6 Å². The average Bonchev–Trinajstić information content (AvgIpc) is 3.43. The molecule has 11 heteroatoms. The number of rotatable bonds is 6. The molecule has 0 radical (unpaired) electrons. The molecule has 1 aromatic carbocycles. The van der Waals surface area contributed by atoms with Crippen molar-refractivity contribution in [2.75, 3.05) is 26.3 Å². The molecule has 6 rings (SSSR count). The van der Waals surface area contributed by atoms with E-state index >= 15 is 0 Å². The molecule has 2 aliphatic rings. The van der Waals surface area contributed by atoms with Crippen LogP contribution in [0.3, 0.4) is 0 Å². The molecular weight excluding hydrogens is 509 g/mol. The summed E-state index contributed by atoms with van der Waals surface area (Å²) < 4.78 is 52.5. The van der Waals surface area contributed by atoms with Crippen molar-refractivity contribution in [3.05, 3.63) is 82.1 Å². The monoisotopic (exact) mass is 540 g/mol. The lowest BCUT2D eigenvalue weighted by Crippen LogP contribution is -2.49. The molecule has 8 nitrogen and oxygen atoms in total. The summed E-state index contributed by atoms with van der Waals surface area (Å²) in [5, 5.41) is 8.17. The molecule has 1 unspecified atom stereocenters. The lowest BCUT2D eigenvalue weighted by Gasteiger charge is -2.41. The van der Waals surface area contributed by atoms with Crippen LogP contribution < -0.4 is 5.69 Å². The highest BCUT2D eigenvalue weighted by Gasteiger charge is 2.42. The first-order chi connectivity index (χ1) is 18.6. The number of hydrogen-bond donors (Lipinski definition) is 0. The van der Waals surface area contributed by atoms with Crippen molar-refractivity contribution in [3.8, 4) is 5.69 Å². The Hall–Kier alpha value is -3.44. The Balaban J connectivity index is 1.40. The molecule has 2 fully saturated rings. The van der Waals surface area contributed by atoms with Gasteiger partial charge in [-0.1, -0.05) is 19.1 Å². The van der Waals surface area contributed by atoms with Crippen LogP contribution in [0.4, 0.5) is 13.2 Å². The Kier molecular flexibility index (Phi) is 6.38. The van der Waals surface area contributed by atoms with Crippen LogP contribution >= 0.6 is 0 Å². The van der Waals surface area contributed by atoms with Gasteiger partial charge in [0.2, 0.25) is 0 Å². The van der Waals surface area contributed by atoms with Gasteiger partial charge in [-0.25, -0.2) is 4.79 Å². The minimum absolute atomic E-state index is 0.158. The van der Waals surface area contributed by atoms with Gasteiger partial charge < -0.3 is 9.30 Å². The number of piperidine rings is 1. The Bertz CT molecular complexity index is 1570. The molecule has 0 bridgehead atoms. The third-order valence-electron chi connectivity index (χ3n) is 8.07. The van der Waals surface area contributed by atoms with Gasteiger partial charge in [0.05, 0.1) is 30.0 Å². The van der Waals surface area contributed by atoms with Crippen LogP contribution in [0.25, 0.3) is 11.2 Å². The fourth-order valence-corrected chi connectivity index (χ4v) is 5.91. The Morgan fingerprint density at radius 2 is 2.00 bits per heavy atom. The largest absolute Gasteiger partial charge is 0.418 e. The Labute approximate surface area is 223 Å². The molecule has 3 aromatic heterocycles. The highest BCUT2D eigenvalue weighted by molar-refractivity contribution is 5.58. The number of alkyl halides is 3. The molecular formula is C28H31F3N6O2. The number of halogens is 3. The number of hydrogen-bond acceptors (Lipinski definition) is 5. The molecule has 2 saturated heterocycles. The van der Waals surface area contributed by atoms with Crippen LogP contribution in [0.15, 0.2) is 53.8 Å². The molecule has 1 atom stereocenters. The smallest absolute Gasteiger partial charge is 0.379 e. The zero-order valence-corrected chi connectivity index (χ0v) is 22.0. The van der Waals surface area contributed by atoms with Crippen LogP contribution in [-0.4, -0.2) is 54.9 Å². The van der Waals surface area contributed by atoms with E-state index in [9.17, 15) is 18.0 Å². The Morgan fingerprint density at radius 3 is 2.67 bits per heavy atom. The van der Waals surface area contributed by atoms with E-state index in [-0.39, 0.29) is 10.9 Å². The van der Waals surface area contributed by atoms with Crippen molar-refractivity contribution in [2.24, 2.45) is 13.0 Å². The maximum Gasteiger partial charge on any atom is 0.418 e. The minimum atomic E-state index is -4.60. The molecule has 4 aromatic rings. The Morgan fingerprint density at radius 1 is 1.18 bits per heavy atom. The summed E-state index contributed by atoms with van der Waals surface area (Å²) in [6.07, 6.45) is 2.63. The van der Waals surface area contributed by atoms with E-state index in [4.69, 9.17) is 4.74 Å². The quantitative estimate of drug-likeness (QED) is 0.370. The molecule has 39 heavy (non-hydrogen) atoms. The lowest BCUT2D eigenvalue weighted by atomic mass is 9.75. The van der Waals surface area contributed by atoms with Crippen molar-refractivity contribution in [2.45, 2.75) is 44.3 Å². The first-order valence-corrected chi connectivity index (χ1v) is 13.2. The second-order valence-corrected chi connectivity index (χ2v) is 11.1. The van der Waals surface area contributed by atoms with E-state index in [1.165, 1.54) is 16.8 Å². The van der Waals surface area contributed by atoms with Gasteiger partial charge >= 0.3 is 11.9 Å². The molecule has 0 saturated carbocycles. The van der Waals surface area contributed by atoms with Crippen LogP contribution in [0, 0.1) is 5.92 Å². The van der Waals surface area contributed by atoms with E-state index < -0.39 is 17.4 Å². The first kappa shape index (κ1) is 25.8. The number of ether oxygens (including phenoxy) is 1. The number of aromatic nitrogens is 5. The van der Waals surface area contributed by atoms with Gasteiger partial charge in [0.15, 0.2) is 0 Å². The van der Waals surface area contributed by atoms with E-state index in [0.717, 1.165) is 41.7 Å². The maximum absolute atomic E-state index is 14.2. The highest BCUT2D eigenvalue weighted by atomic mass is 19.4. The van der Waals surface area contributed by atoms with Crippen molar-refractivity contribution in [1.29, 1.82) is 0 Å². The van der Waals surface area contributed by atoms with Crippen LogP contribution in [0.2, 0.25) is 0 Å². The van der Waals surface area contributed by atoms with Crippen molar-refractivity contribution in [3.63, 3.8) is 0 Å². The molecule has 206 valence electrons. The number of likely N-dealkylation sites (tertiary alicyclic amines) is 1. The number of pyridine rings is 1. The summed E-state index contributed by atoms with van der Waals surface area (Å²) in [5.41, 5.74) is 0.0746. The van der Waals surface area contributed by atoms with Crippen LogP contribution in [0.5, 0.6) is 0 Å². The maximum atomic E-state index is 14.2. The number of aryl methyl sites for hydroxylation is 1. The third kappa shape index (κ3) is 4.78. The fourth-order valence-electron chi connectivity index (χ4n) is 5.91. The normalized spacial score (nSPS) is 19.9. The van der Waals surface area contributed by atoms with Crippen LogP contribution in [-0.2, 0) is 36.3 Å². The summed E-state index contributed by atoms with van der Waals surface area (Å²) >= 11 is 0. The third-order valence-corrected chi connectivity index (χ3v) is 8.07. The topological polar surface area (TPSA) is 69.6 Å². The number of benzene rings is 1. The zero-order chi connectivity index (χ0) is 27.4. The fraction of sp³-hybridized carbons (Fsp3) is 0.464. The number of nitrogens with zero attached hydrogens (tertiary/aromatic N) is 6. The summed E-state index contributed by atoms with van der Waals surface area (Å²) in [7, 11) is 1.88. The summed E-state index contributed by atoms with van der Waals surface area (Å²) in [4.78, 5) is 15.7. The van der Waals surface area contributed by atoms with Crippen molar-refractivity contribution >= 4 is 5.52 Å². The summed E-state index contributed by atoms with van der Waals surface area (Å²) in [5.74, 6) is 1.31. The standard InChI is InChI=1S/C28H31F3N6O2/c1-19-5-4-8-35(12-19)13-20-9-23(28(29,30)31)24-15-36(26(38)37(24)14-20)22-7-3-6-21(10-22)27(16-39-17-27)11-25-33-32-18-34(25)2/h3,6-7,9-10,14-15,18-19H,4-5,8,11-13,16-17H2,1-2H3. The molecule has 0 amide bonds. The SMILES string of the molecule is CC1CCCN(Cc2cc(C(F)(F)F)c3cn(-c4cccc(C5(Cc6nncn6C)COC5)c4)c(=O)n3c2)C1. The summed E-state index contributed by atoms with van der Waals surface area (Å²) in [6.45, 7) is 5.16. The second kappa shape index (κ2) is 9.63. The second-order valence-electron chi connectivity index (χ2n) is 11.1. The number of fused-ring (bicyclic) bond motifs is 1. The number of imidazole rings is 1. The van der Waals surface area contributed by atoms with Gasteiger partial charge in [-0.15, -0.1) is 10.2 Å². The highest BCUT2D eigenvalue weighted by Crippen LogP contribution is 2.37. The van der Waals surface area contributed by atoms with Crippen molar-refractivity contribution in [1.82, 2.24) is 28.6 Å². The lowest BCUT2D eigenvalue weighted by molar-refractivity contribution is -0.136. The van der Waals surface area contributed by atoms with E-state index in [0.29, 0.717) is 43.3 Å². The van der Waals surface area contributed by atoms with Gasteiger partial charge in [-0.3, -0.25) is 13.9 Å². The predicted molar refractivity (Wildman–Crippen MR) is 139 cm³/mol. The minimum Gasteiger partial charge on any atom is -0.379 e. The van der Waals surface area contributed by atoms with E-state index in [2.05, 4.69) is 22.0 Å². The average molecular weight is 541 g/mol. The molecule has 5 heterocycles. The zero-order valence-electron chi connectivity index (χ0n) is 22.0. The van der Waals surface area contributed by atoms with Gasteiger partial charge in [0, 0.05) is 44.4 Å². The van der Waals surface area contributed by atoms with Crippen molar-refractivity contribution < 1.29 is 17.9 Å². The van der Waals surface area contributed by atoms with Gasteiger partial charge in [0.1, 0.15) is 12.2 Å².